The van der Waals surface area contributed by atoms with Crippen LogP contribution in [0.15, 0.2) is 41.4 Å². The largest absolute Gasteiger partial charge is 0.370 e. The van der Waals surface area contributed by atoms with Crippen molar-refractivity contribution in [2.45, 2.75) is 38.5 Å². The van der Waals surface area contributed by atoms with Gasteiger partial charge in [-0.2, -0.15) is 0 Å². The number of anilines is 2. The Balaban J connectivity index is 1.73. The highest BCUT2D eigenvalue weighted by atomic mass is 32.2. The van der Waals surface area contributed by atoms with Crippen LogP contribution in [0.3, 0.4) is 0 Å². The molecule has 134 valence electrons. The van der Waals surface area contributed by atoms with Gasteiger partial charge in [-0.25, -0.2) is 13.4 Å². The van der Waals surface area contributed by atoms with Crippen LogP contribution in [0.25, 0.3) is 0 Å². The number of hydrogen-bond acceptors (Lipinski definition) is 4. The maximum absolute atomic E-state index is 12.5. The van der Waals surface area contributed by atoms with Gasteiger partial charge in [0, 0.05) is 13.1 Å². The summed E-state index contributed by atoms with van der Waals surface area (Å²) in [6.07, 6.45) is 4.11. The molecule has 1 aliphatic heterocycles. The van der Waals surface area contributed by atoms with Gasteiger partial charge in [0.2, 0.25) is 0 Å². The van der Waals surface area contributed by atoms with Crippen LogP contribution in [0.5, 0.6) is 0 Å². The Hall–Kier alpha value is -2.08. The van der Waals surface area contributed by atoms with Gasteiger partial charge in [-0.3, -0.25) is 4.72 Å². The van der Waals surface area contributed by atoms with Gasteiger partial charge in [0.05, 0.1) is 16.8 Å². The lowest BCUT2D eigenvalue weighted by Gasteiger charge is -2.31. The molecule has 0 amide bonds. The number of rotatable bonds is 4. The Kier molecular flexibility index (Phi) is 4.99. The van der Waals surface area contributed by atoms with Gasteiger partial charge in [-0.15, -0.1) is 0 Å². The molecule has 0 radical (unpaired) electrons. The van der Waals surface area contributed by atoms with Gasteiger partial charge >= 0.3 is 0 Å². The van der Waals surface area contributed by atoms with E-state index in [4.69, 9.17) is 0 Å². The third kappa shape index (κ3) is 4.12. The number of aromatic nitrogens is 1. The van der Waals surface area contributed by atoms with Crippen molar-refractivity contribution in [2.75, 3.05) is 22.7 Å². The van der Waals surface area contributed by atoms with Crippen molar-refractivity contribution in [1.82, 2.24) is 4.98 Å². The minimum atomic E-state index is -3.62. The highest BCUT2D eigenvalue weighted by Crippen LogP contribution is 2.24. The first-order valence-corrected chi connectivity index (χ1v) is 10.1. The van der Waals surface area contributed by atoms with Crippen LogP contribution in [-0.2, 0) is 10.0 Å². The van der Waals surface area contributed by atoms with E-state index in [2.05, 4.69) is 21.5 Å². The Labute approximate surface area is 150 Å². The predicted octanol–water partition coefficient (Wildman–Crippen LogP) is 3.74. The number of nitrogens with zero attached hydrogens (tertiary/aromatic N) is 2. The van der Waals surface area contributed by atoms with Gasteiger partial charge in [0.1, 0.15) is 5.82 Å². The molecule has 3 rings (SSSR count). The van der Waals surface area contributed by atoms with Gasteiger partial charge in [-0.05, 0) is 68.0 Å². The average Bonchev–Trinajstić information content (AvgIpc) is 2.58. The van der Waals surface area contributed by atoms with Crippen LogP contribution in [-0.4, -0.2) is 26.5 Å². The molecule has 25 heavy (non-hydrogen) atoms. The quantitative estimate of drug-likeness (QED) is 0.903. The third-order valence-electron chi connectivity index (χ3n) is 4.92. The van der Waals surface area contributed by atoms with E-state index in [0.717, 1.165) is 35.8 Å². The van der Waals surface area contributed by atoms with Crippen molar-refractivity contribution in [3.63, 3.8) is 0 Å². The van der Waals surface area contributed by atoms with E-state index in [1.54, 1.807) is 24.4 Å². The van der Waals surface area contributed by atoms with Crippen LogP contribution >= 0.6 is 0 Å². The minimum absolute atomic E-state index is 0.256. The third-order valence-corrected chi connectivity index (χ3v) is 6.28. The van der Waals surface area contributed by atoms with Crippen LogP contribution in [0.4, 0.5) is 11.5 Å². The smallest absolute Gasteiger partial charge is 0.263 e. The second-order valence-corrected chi connectivity index (χ2v) is 8.61. The molecule has 6 heteroatoms. The van der Waals surface area contributed by atoms with Crippen molar-refractivity contribution >= 4 is 21.5 Å². The Morgan fingerprint density at radius 2 is 1.80 bits per heavy atom. The van der Waals surface area contributed by atoms with Gasteiger partial charge < -0.3 is 4.90 Å². The van der Waals surface area contributed by atoms with E-state index in [1.165, 1.54) is 12.8 Å². The monoisotopic (exact) mass is 359 g/mol. The van der Waals surface area contributed by atoms with Crippen molar-refractivity contribution in [2.24, 2.45) is 5.92 Å². The van der Waals surface area contributed by atoms with Crippen molar-refractivity contribution in [3.05, 3.63) is 47.7 Å². The molecular formula is C19H25N3O2S. The molecule has 1 aliphatic rings. The molecule has 1 fully saturated rings. The van der Waals surface area contributed by atoms with Crippen LogP contribution in [0.1, 0.15) is 30.9 Å². The number of pyridine rings is 1. The van der Waals surface area contributed by atoms with Gasteiger partial charge in [0.15, 0.2) is 0 Å². The van der Waals surface area contributed by atoms with Gasteiger partial charge in [0.25, 0.3) is 10.0 Å². The standard InChI is InChI=1S/C19H25N3O2S/c1-14-8-10-22(11-9-14)17-5-7-19(20-13-17)21-25(23,24)18-6-4-15(2)16(3)12-18/h4-7,12-14H,8-11H2,1-3H3,(H,20,21). The normalized spacial score (nSPS) is 16.0. The summed E-state index contributed by atoms with van der Waals surface area (Å²) < 4.78 is 27.6. The van der Waals surface area contributed by atoms with Crippen molar-refractivity contribution in [1.29, 1.82) is 0 Å². The molecular weight excluding hydrogens is 334 g/mol. The second kappa shape index (κ2) is 7.04. The summed E-state index contributed by atoms with van der Waals surface area (Å²) in [6, 6.07) is 8.78. The molecule has 1 saturated heterocycles. The van der Waals surface area contributed by atoms with Crippen LogP contribution < -0.4 is 9.62 Å². The topological polar surface area (TPSA) is 62.3 Å². The Morgan fingerprint density at radius 3 is 2.40 bits per heavy atom. The van der Waals surface area contributed by atoms with E-state index < -0.39 is 10.0 Å². The van der Waals surface area contributed by atoms with Crippen molar-refractivity contribution < 1.29 is 8.42 Å². The molecule has 0 saturated carbocycles. The molecule has 0 unspecified atom stereocenters. The lowest BCUT2D eigenvalue weighted by atomic mass is 9.99. The molecule has 0 spiro atoms. The van der Waals surface area contributed by atoms with Gasteiger partial charge in [-0.1, -0.05) is 13.0 Å². The average molecular weight is 359 g/mol. The number of aryl methyl sites for hydroxylation is 2. The zero-order valence-electron chi connectivity index (χ0n) is 15.0. The number of sulfonamides is 1. The first-order valence-electron chi connectivity index (χ1n) is 8.66. The van der Waals surface area contributed by atoms with E-state index >= 15 is 0 Å². The van der Waals surface area contributed by atoms with E-state index in [-0.39, 0.29) is 4.90 Å². The zero-order valence-corrected chi connectivity index (χ0v) is 15.8. The van der Waals surface area contributed by atoms with E-state index in [9.17, 15) is 8.42 Å². The molecule has 1 aromatic heterocycles. The number of hydrogen-bond donors (Lipinski definition) is 1. The fraction of sp³-hybridized carbons (Fsp3) is 0.421. The number of nitrogens with one attached hydrogen (secondary N) is 1. The fourth-order valence-corrected chi connectivity index (χ4v) is 4.07. The highest BCUT2D eigenvalue weighted by molar-refractivity contribution is 7.92. The van der Waals surface area contributed by atoms with E-state index in [1.807, 2.05) is 26.0 Å². The Morgan fingerprint density at radius 1 is 1.08 bits per heavy atom. The highest BCUT2D eigenvalue weighted by Gasteiger charge is 2.18. The first kappa shape index (κ1) is 17.7. The summed E-state index contributed by atoms with van der Waals surface area (Å²) >= 11 is 0. The molecule has 1 aromatic carbocycles. The van der Waals surface area contributed by atoms with E-state index in [0.29, 0.717) is 5.82 Å². The summed E-state index contributed by atoms with van der Waals surface area (Å²) in [5, 5.41) is 0. The predicted molar refractivity (Wildman–Crippen MR) is 102 cm³/mol. The summed E-state index contributed by atoms with van der Waals surface area (Å²) in [7, 11) is -3.62. The summed E-state index contributed by atoms with van der Waals surface area (Å²) in [4.78, 5) is 6.85. The molecule has 2 aromatic rings. The second-order valence-electron chi connectivity index (χ2n) is 6.92. The zero-order chi connectivity index (χ0) is 18.0. The number of piperidine rings is 1. The summed E-state index contributed by atoms with van der Waals surface area (Å²) in [5.41, 5.74) is 3.06. The summed E-state index contributed by atoms with van der Waals surface area (Å²) in [6.45, 7) is 8.19. The summed E-state index contributed by atoms with van der Waals surface area (Å²) in [5.74, 6) is 1.11. The Bertz CT molecular complexity index is 839. The molecule has 2 heterocycles. The van der Waals surface area contributed by atoms with Crippen molar-refractivity contribution in [3.8, 4) is 0 Å². The fourth-order valence-electron chi connectivity index (χ4n) is 2.98. The SMILES string of the molecule is Cc1ccc(S(=O)(=O)Nc2ccc(N3CCC(C)CC3)cn2)cc1C. The minimum Gasteiger partial charge on any atom is -0.370 e. The maximum atomic E-state index is 12.5. The maximum Gasteiger partial charge on any atom is 0.263 e. The molecule has 5 nitrogen and oxygen atoms in total. The van der Waals surface area contributed by atoms with Crippen LogP contribution in [0.2, 0.25) is 0 Å². The molecule has 0 bridgehead atoms. The number of benzene rings is 1. The molecule has 1 N–H and O–H groups in total. The van der Waals surface area contributed by atoms with Crippen LogP contribution in [0, 0.1) is 19.8 Å². The molecule has 0 atom stereocenters. The molecule has 0 aliphatic carbocycles. The first-order chi connectivity index (χ1) is 11.8. The lowest BCUT2D eigenvalue weighted by Crippen LogP contribution is -2.32. The lowest BCUT2D eigenvalue weighted by molar-refractivity contribution is 0.438.